The van der Waals surface area contributed by atoms with Crippen molar-refractivity contribution in [3.8, 4) is 5.75 Å². The summed E-state index contributed by atoms with van der Waals surface area (Å²) in [6.45, 7) is 4.22. The fourth-order valence-electron chi connectivity index (χ4n) is 3.36. The molecule has 1 aromatic carbocycles. The Labute approximate surface area is 174 Å². The summed E-state index contributed by atoms with van der Waals surface area (Å²) in [4.78, 5) is 12.7. The monoisotopic (exact) mass is 446 g/mol. The smallest absolute Gasteiger partial charge is 0.376 e. The van der Waals surface area contributed by atoms with Gasteiger partial charge in [0.25, 0.3) is 0 Å². The largest absolute Gasteiger partial charge is 0.534 e. The molecule has 0 radical (unpaired) electrons. The molecule has 0 spiro atoms. The lowest BCUT2D eigenvalue weighted by atomic mass is 9.96. The predicted molar refractivity (Wildman–Crippen MR) is 106 cm³/mol. The zero-order valence-electron chi connectivity index (χ0n) is 16.8. The highest BCUT2D eigenvalue weighted by Crippen LogP contribution is 2.34. The van der Waals surface area contributed by atoms with E-state index in [9.17, 15) is 26.4 Å². The second-order valence-corrected chi connectivity index (χ2v) is 9.57. The van der Waals surface area contributed by atoms with E-state index >= 15 is 0 Å². The summed E-state index contributed by atoms with van der Waals surface area (Å²) in [6.07, 6.45) is 7.53. The topological polar surface area (TPSA) is 84.5 Å². The van der Waals surface area contributed by atoms with Crippen LogP contribution in [0.3, 0.4) is 0 Å². The van der Waals surface area contributed by atoms with Gasteiger partial charge in [-0.1, -0.05) is 18.2 Å². The number of carbonyl (C=O) groups is 1. The van der Waals surface area contributed by atoms with Crippen molar-refractivity contribution in [1.82, 2.24) is 10.6 Å². The molecular formula is C20H25F3N2O4S. The van der Waals surface area contributed by atoms with Crippen LogP contribution in [0.1, 0.15) is 56.7 Å². The van der Waals surface area contributed by atoms with Crippen LogP contribution in [0.5, 0.6) is 5.75 Å². The number of rotatable bonds is 7. The number of allylic oxidation sites excluding steroid dienone is 1. The van der Waals surface area contributed by atoms with Crippen molar-refractivity contribution in [3.63, 3.8) is 0 Å². The number of hydrogen-bond acceptors (Lipinski definition) is 5. The third-order valence-corrected chi connectivity index (χ3v) is 6.38. The molecule has 166 valence electrons. The SMILES string of the molecule is C[C@@H](NC(=O)[C@@]1(C)CCCN1)c1cc(OS(=O)(=O)C(F)(F)F)ccc1/C=C/C1CC1. The van der Waals surface area contributed by atoms with Gasteiger partial charge in [0.05, 0.1) is 11.6 Å². The quantitative estimate of drug-likeness (QED) is 0.493. The second kappa shape index (κ2) is 8.22. The molecule has 3 rings (SSSR count). The third kappa shape index (κ3) is 5.15. The van der Waals surface area contributed by atoms with E-state index in [1.165, 1.54) is 18.2 Å². The van der Waals surface area contributed by atoms with Gasteiger partial charge < -0.3 is 14.8 Å². The van der Waals surface area contributed by atoms with Crippen LogP contribution in [0, 0.1) is 5.92 Å². The summed E-state index contributed by atoms with van der Waals surface area (Å²) >= 11 is 0. The molecule has 10 heteroatoms. The van der Waals surface area contributed by atoms with Crippen LogP contribution in [0.4, 0.5) is 13.2 Å². The molecule has 1 aliphatic carbocycles. The molecule has 0 aromatic heterocycles. The van der Waals surface area contributed by atoms with Crippen LogP contribution in [0.2, 0.25) is 0 Å². The Morgan fingerprint density at radius 1 is 1.37 bits per heavy atom. The standard InChI is InChI=1S/C20H25F3N2O4S/c1-13(25-18(26)19(2)10-3-11-24-19)17-12-16(29-30(27,28)20(21,22)23)9-8-15(17)7-6-14-4-5-14/h6-9,12-14,24H,3-5,10-11H2,1-2H3,(H,25,26)/b7-6+/t13-,19-/m1/s1. The Hall–Kier alpha value is -2.07. The van der Waals surface area contributed by atoms with Crippen molar-refractivity contribution in [3.05, 3.63) is 35.4 Å². The Bertz CT molecular complexity index is 934. The Morgan fingerprint density at radius 3 is 2.63 bits per heavy atom. The highest BCUT2D eigenvalue weighted by atomic mass is 32.2. The summed E-state index contributed by atoms with van der Waals surface area (Å²) in [5.74, 6) is -0.220. The van der Waals surface area contributed by atoms with Crippen molar-refractivity contribution in [2.75, 3.05) is 6.54 Å². The Morgan fingerprint density at radius 2 is 2.07 bits per heavy atom. The minimum atomic E-state index is -5.78. The van der Waals surface area contributed by atoms with E-state index in [1.807, 2.05) is 12.2 Å². The molecule has 30 heavy (non-hydrogen) atoms. The van der Waals surface area contributed by atoms with E-state index in [0.717, 1.165) is 25.8 Å². The summed E-state index contributed by atoms with van der Waals surface area (Å²) in [6, 6.07) is 3.32. The van der Waals surface area contributed by atoms with Gasteiger partial charge >= 0.3 is 15.6 Å². The molecular weight excluding hydrogens is 421 g/mol. The zero-order valence-corrected chi connectivity index (χ0v) is 17.6. The van der Waals surface area contributed by atoms with Gasteiger partial charge in [-0.2, -0.15) is 21.6 Å². The minimum absolute atomic E-state index is 0.223. The van der Waals surface area contributed by atoms with E-state index < -0.39 is 33.0 Å². The van der Waals surface area contributed by atoms with Gasteiger partial charge in [0, 0.05) is 0 Å². The van der Waals surface area contributed by atoms with Crippen LogP contribution < -0.4 is 14.8 Å². The molecule has 1 amide bonds. The average molecular weight is 446 g/mol. The number of benzene rings is 1. The molecule has 1 aromatic rings. The molecule has 2 N–H and O–H groups in total. The lowest BCUT2D eigenvalue weighted by Crippen LogP contribution is -2.51. The zero-order chi connectivity index (χ0) is 22.2. The fraction of sp³-hybridized carbons (Fsp3) is 0.550. The van der Waals surface area contributed by atoms with Crippen LogP contribution >= 0.6 is 0 Å². The highest BCUT2D eigenvalue weighted by molar-refractivity contribution is 7.88. The first-order valence-electron chi connectivity index (χ1n) is 9.80. The maximum absolute atomic E-state index is 12.7. The first-order chi connectivity index (χ1) is 13.9. The molecule has 2 aliphatic rings. The number of nitrogens with one attached hydrogen (secondary N) is 2. The van der Waals surface area contributed by atoms with E-state index in [1.54, 1.807) is 13.8 Å². The molecule has 0 bridgehead atoms. The van der Waals surface area contributed by atoms with Crippen molar-refractivity contribution in [2.45, 2.75) is 56.6 Å². The predicted octanol–water partition coefficient (Wildman–Crippen LogP) is 3.66. The maximum Gasteiger partial charge on any atom is 0.534 e. The van der Waals surface area contributed by atoms with E-state index in [0.29, 0.717) is 23.5 Å². The Kier molecular flexibility index (Phi) is 6.20. The van der Waals surface area contributed by atoms with Crippen LogP contribution in [-0.2, 0) is 14.9 Å². The lowest BCUT2D eigenvalue weighted by Gasteiger charge is -2.26. The maximum atomic E-state index is 12.7. The van der Waals surface area contributed by atoms with Crippen LogP contribution in [-0.4, -0.2) is 31.9 Å². The van der Waals surface area contributed by atoms with Gasteiger partial charge in [0.1, 0.15) is 5.75 Å². The van der Waals surface area contributed by atoms with Gasteiger partial charge in [-0.15, -0.1) is 0 Å². The highest BCUT2D eigenvalue weighted by Gasteiger charge is 2.48. The fourth-order valence-corrected chi connectivity index (χ4v) is 3.81. The molecule has 1 aliphatic heterocycles. The van der Waals surface area contributed by atoms with Crippen molar-refractivity contribution in [1.29, 1.82) is 0 Å². The summed E-state index contributed by atoms with van der Waals surface area (Å²) in [5, 5.41) is 6.04. The van der Waals surface area contributed by atoms with Gasteiger partial charge in [0.2, 0.25) is 5.91 Å². The normalized spacial score (nSPS) is 23.5. The van der Waals surface area contributed by atoms with Gasteiger partial charge in [-0.3, -0.25) is 4.79 Å². The number of alkyl halides is 3. The van der Waals surface area contributed by atoms with Crippen molar-refractivity contribution >= 4 is 22.1 Å². The summed E-state index contributed by atoms with van der Waals surface area (Å²) in [7, 11) is -5.78. The molecule has 1 heterocycles. The van der Waals surface area contributed by atoms with Crippen molar-refractivity contribution < 1.29 is 30.6 Å². The van der Waals surface area contributed by atoms with Crippen LogP contribution in [0.25, 0.3) is 6.08 Å². The lowest BCUT2D eigenvalue weighted by molar-refractivity contribution is -0.127. The van der Waals surface area contributed by atoms with Gasteiger partial charge in [-0.05, 0) is 75.3 Å². The number of hydrogen-bond donors (Lipinski definition) is 2. The molecule has 2 atom stereocenters. The number of carbonyl (C=O) groups excluding carboxylic acids is 1. The third-order valence-electron chi connectivity index (χ3n) is 5.40. The van der Waals surface area contributed by atoms with Crippen molar-refractivity contribution in [2.24, 2.45) is 5.92 Å². The minimum Gasteiger partial charge on any atom is -0.376 e. The first-order valence-corrected chi connectivity index (χ1v) is 11.2. The van der Waals surface area contributed by atoms with E-state index in [4.69, 9.17) is 0 Å². The molecule has 1 saturated carbocycles. The molecule has 2 fully saturated rings. The van der Waals surface area contributed by atoms with E-state index in [-0.39, 0.29) is 5.91 Å². The molecule has 1 saturated heterocycles. The van der Waals surface area contributed by atoms with E-state index in [2.05, 4.69) is 14.8 Å². The van der Waals surface area contributed by atoms with Gasteiger partial charge in [0.15, 0.2) is 0 Å². The number of amides is 1. The number of halogens is 3. The Balaban J connectivity index is 1.87. The first kappa shape index (κ1) is 22.6. The van der Waals surface area contributed by atoms with Crippen LogP contribution in [0.15, 0.2) is 24.3 Å². The summed E-state index contributed by atoms with van der Waals surface area (Å²) in [5.41, 5.74) is -5.10. The average Bonchev–Trinajstić information content (AvgIpc) is 3.37. The summed E-state index contributed by atoms with van der Waals surface area (Å²) < 4.78 is 65.0. The van der Waals surface area contributed by atoms with Gasteiger partial charge in [-0.25, -0.2) is 0 Å². The molecule has 6 nitrogen and oxygen atoms in total. The second-order valence-electron chi connectivity index (χ2n) is 8.03. The molecule has 0 unspecified atom stereocenters.